The zero-order chi connectivity index (χ0) is 15.6. The molecule has 2 fully saturated rings. The molecule has 1 unspecified atom stereocenters. The number of fused-ring (bicyclic) bond motifs is 1. The summed E-state index contributed by atoms with van der Waals surface area (Å²) in [5.74, 6) is 2.77. The van der Waals surface area contributed by atoms with Gasteiger partial charge in [-0.2, -0.15) is 4.37 Å². The van der Waals surface area contributed by atoms with E-state index in [-0.39, 0.29) is 0 Å². The van der Waals surface area contributed by atoms with Crippen LogP contribution in [0.3, 0.4) is 0 Å². The average Bonchev–Trinajstić information content (AvgIpc) is 3.22. The second-order valence-electron chi connectivity index (χ2n) is 6.98. The third-order valence-electron chi connectivity index (χ3n) is 5.64. The molecule has 0 amide bonds. The van der Waals surface area contributed by atoms with Gasteiger partial charge in [-0.15, -0.1) is 0 Å². The first-order valence-electron chi connectivity index (χ1n) is 8.87. The van der Waals surface area contributed by atoms with Gasteiger partial charge in [-0.1, -0.05) is 18.6 Å². The second-order valence-corrected chi connectivity index (χ2v) is 7.78. The summed E-state index contributed by atoms with van der Waals surface area (Å²) in [6, 6.07) is 8.58. The van der Waals surface area contributed by atoms with Gasteiger partial charge >= 0.3 is 0 Å². The Balaban J connectivity index is 1.37. The number of rotatable bonds is 4. The van der Waals surface area contributed by atoms with Crippen molar-refractivity contribution in [1.29, 1.82) is 0 Å². The Hall–Kier alpha value is -1.17. The maximum absolute atomic E-state index is 5.93. The molecule has 1 aliphatic heterocycles. The standard InChI is InChI=1S/C18H26N4S/c19-12-14-4-3-5-15(14)13-21-8-10-22(11-9-21)18-16-6-1-2-7-17(16)23-20-18/h1-2,6-7,14-15H,3-5,8-13,19H2/t14-,15?/m1/s1. The van der Waals surface area contributed by atoms with Crippen molar-refractivity contribution < 1.29 is 0 Å². The van der Waals surface area contributed by atoms with Gasteiger partial charge in [0.1, 0.15) is 5.82 Å². The van der Waals surface area contributed by atoms with Crippen molar-refractivity contribution in [1.82, 2.24) is 9.27 Å². The zero-order valence-corrected chi connectivity index (χ0v) is 14.5. The molecule has 0 radical (unpaired) electrons. The Kier molecular flexibility index (Phi) is 4.51. The first-order valence-corrected chi connectivity index (χ1v) is 9.64. The maximum atomic E-state index is 5.93. The highest BCUT2D eigenvalue weighted by Crippen LogP contribution is 2.33. The van der Waals surface area contributed by atoms with Crippen LogP contribution in [-0.4, -0.2) is 48.5 Å². The lowest BCUT2D eigenvalue weighted by atomic mass is 9.95. The van der Waals surface area contributed by atoms with E-state index in [1.165, 1.54) is 41.7 Å². The Labute approximate surface area is 142 Å². The van der Waals surface area contributed by atoms with Gasteiger partial charge in [-0.25, -0.2) is 0 Å². The van der Waals surface area contributed by atoms with Gasteiger partial charge in [0.05, 0.1) is 4.70 Å². The molecule has 2 aromatic rings. The topological polar surface area (TPSA) is 45.4 Å². The van der Waals surface area contributed by atoms with E-state index in [0.29, 0.717) is 0 Å². The summed E-state index contributed by atoms with van der Waals surface area (Å²) in [4.78, 5) is 5.11. The Bertz CT molecular complexity index is 647. The third-order valence-corrected chi connectivity index (χ3v) is 6.46. The van der Waals surface area contributed by atoms with Crippen LogP contribution < -0.4 is 10.6 Å². The van der Waals surface area contributed by atoms with E-state index in [1.54, 1.807) is 11.5 Å². The Morgan fingerprint density at radius 2 is 1.87 bits per heavy atom. The highest BCUT2D eigenvalue weighted by molar-refractivity contribution is 7.13. The summed E-state index contributed by atoms with van der Waals surface area (Å²) < 4.78 is 6.00. The van der Waals surface area contributed by atoms with Crippen LogP contribution in [0.4, 0.5) is 5.82 Å². The number of hydrogen-bond donors (Lipinski definition) is 1. The molecule has 4 rings (SSSR count). The van der Waals surface area contributed by atoms with Crippen molar-refractivity contribution >= 4 is 27.4 Å². The Morgan fingerprint density at radius 1 is 1.09 bits per heavy atom. The van der Waals surface area contributed by atoms with E-state index in [0.717, 1.165) is 44.6 Å². The van der Waals surface area contributed by atoms with Crippen molar-refractivity contribution in [3.8, 4) is 0 Å². The van der Waals surface area contributed by atoms with Gasteiger partial charge in [0, 0.05) is 38.1 Å². The zero-order valence-electron chi connectivity index (χ0n) is 13.7. The predicted molar refractivity (Wildman–Crippen MR) is 98.2 cm³/mol. The summed E-state index contributed by atoms with van der Waals surface area (Å²) in [6.45, 7) is 6.60. The van der Waals surface area contributed by atoms with Gasteiger partial charge < -0.3 is 10.6 Å². The molecule has 1 aromatic heterocycles. The normalized spacial score (nSPS) is 26.2. The summed E-state index contributed by atoms with van der Waals surface area (Å²) in [5.41, 5.74) is 5.93. The molecule has 2 N–H and O–H groups in total. The van der Waals surface area contributed by atoms with Gasteiger partial charge in [0.2, 0.25) is 0 Å². The minimum absolute atomic E-state index is 0.760. The molecule has 1 aromatic carbocycles. The molecule has 1 saturated heterocycles. The lowest BCUT2D eigenvalue weighted by Crippen LogP contribution is -2.48. The quantitative estimate of drug-likeness (QED) is 0.936. The number of anilines is 1. The summed E-state index contributed by atoms with van der Waals surface area (Å²) in [7, 11) is 0. The van der Waals surface area contributed by atoms with Gasteiger partial charge in [0.25, 0.3) is 0 Å². The Morgan fingerprint density at radius 3 is 2.70 bits per heavy atom. The van der Waals surface area contributed by atoms with E-state index in [1.807, 2.05) is 0 Å². The molecule has 0 bridgehead atoms. The molecule has 2 atom stereocenters. The van der Waals surface area contributed by atoms with E-state index in [4.69, 9.17) is 10.1 Å². The van der Waals surface area contributed by atoms with E-state index < -0.39 is 0 Å². The second kappa shape index (κ2) is 6.75. The predicted octanol–water partition coefficient (Wildman–Crippen LogP) is 2.79. The SMILES string of the molecule is NC[C@H]1CCCC1CN1CCN(c2nsc3ccccc23)CC1. The minimum atomic E-state index is 0.760. The monoisotopic (exact) mass is 330 g/mol. The van der Waals surface area contributed by atoms with Crippen molar-refractivity contribution in [2.24, 2.45) is 17.6 Å². The van der Waals surface area contributed by atoms with Crippen LogP contribution in [0.25, 0.3) is 10.1 Å². The van der Waals surface area contributed by atoms with Crippen molar-refractivity contribution in [3.05, 3.63) is 24.3 Å². The lowest BCUT2D eigenvalue weighted by Gasteiger charge is -2.37. The number of aromatic nitrogens is 1. The molecule has 4 nitrogen and oxygen atoms in total. The largest absolute Gasteiger partial charge is 0.353 e. The number of hydrogen-bond acceptors (Lipinski definition) is 5. The summed E-state index contributed by atoms with van der Waals surface area (Å²) >= 11 is 1.62. The fourth-order valence-corrected chi connectivity index (χ4v) is 5.03. The number of nitrogens with zero attached hydrogens (tertiary/aromatic N) is 3. The van der Waals surface area contributed by atoms with Gasteiger partial charge in [0.15, 0.2) is 0 Å². The molecule has 5 heteroatoms. The van der Waals surface area contributed by atoms with Crippen LogP contribution in [0, 0.1) is 11.8 Å². The number of nitrogens with two attached hydrogens (primary N) is 1. The van der Waals surface area contributed by atoms with Crippen LogP contribution in [0.15, 0.2) is 24.3 Å². The smallest absolute Gasteiger partial charge is 0.150 e. The molecular weight excluding hydrogens is 304 g/mol. The first-order chi connectivity index (χ1) is 11.3. The molecule has 1 saturated carbocycles. The van der Waals surface area contributed by atoms with Gasteiger partial charge in [-0.3, -0.25) is 4.90 Å². The van der Waals surface area contributed by atoms with Crippen LogP contribution >= 0.6 is 11.5 Å². The molecule has 2 aliphatic rings. The summed E-state index contributed by atoms with van der Waals surface area (Å²) in [6.07, 6.45) is 4.09. The highest BCUT2D eigenvalue weighted by atomic mass is 32.1. The molecule has 23 heavy (non-hydrogen) atoms. The van der Waals surface area contributed by atoms with Crippen molar-refractivity contribution in [2.75, 3.05) is 44.2 Å². The maximum Gasteiger partial charge on any atom is 0.150 e. The average molecular weight is 331 g/mol. The molecule has 2 heterocycles. The van der Waals surface area contributed by atoms with Crippen molar-refractivity contribution in [3.63, 3.8) is 0 Å². The van der Waals surface area contributed by atoms with Crippen LogP contribution in [0.2, 0.25) is 0 Å². The molecule has 0 spiro atoms. The van der Waals surface area contributed by atoms with Crippen LogP contribution in [-0.2, 0) is 0 Å². The fraction of sp³-hybridized carbons (Fsp3) is 0.611. The van der Waals surface area contributed by atoms with Crippen molar-refractivity contribution in [2.45, 2.75) is 19.3 Å². The number of piperazine rings is 1. The van der Waals surface area contributed by atoms with E-state index in [9.17, 15) is 0 Å². The fourth-order valence-electron chi connectivity index (χ4n) is 4.24. The third kappa shape index (κ3) is 3.10. The van der Waals surface area contributed by atoms with E-state index in [2.05, 4.69) is 34.1 Å². The molecule has 1 aliphatic carbocycles. The molecular formula is C18H26N4S. The minimum Gasteiger partial charge on any atom is -0.353 e. The summed E-state index contributed by atoms with van der Waals surface area (Å²) in [5, 5.41) is 1.31. The highest BCUT2D eigenvalue weighted by Gasteiger charge is 2.29. The van der Waals surface area contributed by atoms with Crippen LogP contribution in [0.5, 0.6) is 0 Å². The van der Waals surface area contributed by atoms with E-state index >= 15 is 0 Å². The lowest BCUT2D eigenvalue weighted by molar-refractivity contribution is 0.197. The van der Waals surface area contributed by atoms with Gasteiger partial charge in [-0.05, 0) is 54.9 Å². The number of benzene rings is 1. The molecule has 124 valence electrons. The first kappa shape index (κ1) is 15.4. The van der Waals surface area contributed by atoms with Crippen LogP contribution in [0.1, 0.15) is 19.3 Å².